The normalized spacial score (nSPS) is 12.7. The van der Waals surface area contributed by atoms with Crippen molar-refractivity contribution in [3.05, 3.63) is 51.9 Å². The van der Waals surface area contributed by atoms with Gasteiger partial charge in [0, 0.05) is 24.3 Å². The molecule has 0 saturated carbocycles. The van der Waals surface area contributed by atoms with E-state index in [1.807, 2.05) is 37.3 Å². The zero-order chi connectivity index (χ0) is 21.6. The summed E-state index contributed by atoms with van der Waals surface area (Å²) in [7, 11) is 0. The predicted molar refractivity (Wildman–Crippen MR) is 115 cm³/mol. The van der Waals surface area contributed by atoms with Crippen LogP contribution in [0.25, 0.3) is 0 Å². The van der Waals surface area contributed by atoms with Crippen molar-refractivity contribution in [1.29, 1.82) is 0 Å². The number of anilines is 1. The first-order chi connectivity index (χ1) is 13.7. The molecule has 2 amide bonds. The van der Waals surface area contributed by atoms with Crippen molar-refractivity contribution in [3.8, 4) is 0 Å². The lowest BCUT2D eigenvalue weighted by Gasteiger charge is -2.19. The number of thiophene rings is 1. The quantitative estimate of drug-likeness (QED) is 0.632. The van der Waals surface area contributed by atoms with Crippen LogP contribution in [0.15, 0.2) is 30.3 Å². The maximum absolute atomic E-state index is 12.7. The Morgan fingerprint density at radius 1 is 1.14 bits per heavy atom. The Bertz CT molecular complexity index is 876. The smallest absolute Gasteiger partial charge is 0.342 e. The SMILES string of the molecule is CC[C@H](CNC(=O)[C@@H](C)OC(=O)c1c(NC(C)=O)sc(C)c1C)c1ccccc1. The lowest BCUT2D eigenvalue weighted by atomic mass is 9.96. The second kappa shape index (κ2) is 10.2. The molecule has 1 aromatic heterocycles. The summed E-state index contributed by atoms with van der Waals surface area (Å²) in [5.74, 6) is -1.04. The zero-order valence-corrected chi connectivity index (χ0v) is 18.3. The number of benzene rings is 1. The molecular formula is C22H28N2O4S. The number of rotatable bonds is 8. The molecule has 0 radical (unpaired) electrons. The van der Waals surface area contributed by atoms with E-state index in [0.717, 1.165) is 22.4 Å². The average molecular weight is 417 g/mol. The molecule has 156 valence electrons. The minimum atomic E-state index is -0.944. The molecule has 0 aliphatic rings. The number of aryl methyl sites for hydroxylation is 1. The average Bonchev–Trinajstić information content (AvgIpc) is 2.95. The van der Waals surface area contributed by atoms with Gasteiger partial charge in [-0.3, -0.25) is 9.59 Å². The summed E-state index contributed by atoms with van der Waals surface area (Å²) >= 11 is 1.31. The minimum absolute atomic E-state index is 0.191. The molecular weight excluding hydrogens is 388 g/mol. The Labute approximate surface area is 175 Å². The van der Waals surface area contributed by atoms with Crippen LogP contribution in [0.5, 0.6) is 0 Å². The highest BCUT2D eigenvalue weighted by molar-refractivity contribution is 7.16. The second-order valence-corrected chi connectivity index (χ2v) is 8.20. The second-order valence-electron chi connectivity index (χ2n) is 6.98. The van der Waals surface area contributed by atoms with Gasteiger partial charge in [-0.15, -0.1) is 11.3 Å². The third-order valence-corrected chi connectivity index (χ3v) is 5.94. The lowest BCUT2D eigenvalue weighted by molar-refractivity contribution is -0.129. The summed E-state index contributed by atoms with van der Waals surface area (Å²) in [4.78, 5) is 37.4. The van der Waals surface area contributed by atoms with E-state index >= 15 is 0 Å². The Kier molecular flexibility index (Phi) is 7.96. The van der Waals surface area contributed by atoms with Gasteiger partial charge in [-0.1, -0.05) is 37.3 Å². The standard InChI is InChI=1S/C22H28N2O4S/c1-6-17(18-10-8-7-9-11-18)12-23-20(26)14(3)28-22(27)19-13(2)15(4)29-21(19)24-16(5)25/h7-11,14,17H,6,12H2,1-5H3,(H,23,26)(H,24,25)/t14-,17-/m1/s1. The highest BCUT2D eigenvalue weighted by Gasteiger charge is 2.26. The molecule has 7 heteroatoms. The van der Waals surface area contributed by atoms with Crippen LogP contribution in [0.4, 0.5) is 5.00 Å². The molecule has 2 aromatic rings. The molecule has 0 spiro atoms. The van der Waals surface area contributed by atoms with Gasteiger partial charge in [0.15, 0.2) is 6.10 Å². The van der Waals surface area contributed by atoms with Crippen LogP contribution in [0.1, 0.15) is 59.5 Å². The first-order valence-corrected chi connectivity index (χ1v) is 10.5. The predicted octanol–water partition coefficient (Wildman–Crippen LogP) is 4.18. The molecule has 0 unspecified atom stereocenters. The third-order valence-electron chi connectivity index (χ3n) is 4.82. The fourth-order valence-corrected chi connectivity index (χ4v) is 4.08. The Morgan fingerprint density at radius 2 is 1.79 bits per heavy atom. The van der Waals surface area contributed by atoms with E-state index in [-0.39, 0.29) is 17.7 Å². The van der Waals surface area contributed by atoms with E-state index in [0.29, 0.717) is 17.1 Å². The maximum atomic E-state index is 12.7. The number of carbonyl (C=O) groups excluding carboxylic acids is 3. The topological polar surface area (TPSA) is 84.5 Å². The fraction of sp³-hybridized carbons (Fsp3) is 0.409. The molecule has 2 rings (SSSR count). The van der Waals surface area contributed by atoms with Crippen LogP contribution in [0.3, 0.4) is 0 Å². The van der Waals surface area contributed by atoms with Crippen LogP contribution in [-0.4, -0.2) is 30.4 Å². The summed E-state index contributed by atoms with van der Waals surface area (Å²) in [6.07, 6.45) is -0.0631. The summed E-state index contributed by atoms with van der Waals surface area (Å²) in [6.45, 7) is 9.13. The van der Waals surface area contributed by atoms with Crippen LogP contribution in [0, 0.1) is 13.8 Å². The van der Waals surface area contributed by atoms with Crippen molar-refractivity contribution < 1.29 is 19.1 Å². The van der Waals surface area contributed by atoms with Gasteiger partial charge in [0.2, 0.25) is 5.91 Å². The molecule has 0 aliphatic heterocycles. The Hall–Kier alpha value is -2.67. The van der Waals surface area contributed by atoms with Crippen molar-refractivity contribution >= 4 is 34.1 Å². The fourth-order valence-electron chi connectivity index (χ4n) is 2.98. The molecule has 0 saturated heterocycles. The first kappa shape index (κ1) is 22.6. The van der Waals surface area contributed by atoms with Crippen molar-refractivity contribution in [3.63, 3.8) is 0 Å². The van der Waals surface area contributed by atoms with Gasteiger partial charge in [-0.2, -0.15) is 0 Å². The van der Waals surface area contributed by atoms with Gasteiger partial charge in [0.05, 0.1) is 5.56 Å². The molecule has 0 fully saturated rings. The van der Waals surface area contributed by atoms with Crippen LogP contribution in [0.2, 0.25) is 0 Å². The molecule has 2 N–H and O–H groups in total. The van der Waals surface area contributed by atoms with Crippen molar-refractivity contribution in [2.75, 3.05) is 11.9 Å². The number of ether oxygens (including phenoxy) is 1. The van der Waals surface area contributed by atoms with E-state index < -0.39 is 12.1 Å². The van der Waals surface area contributed by atoms with Gasteiger partial charge in [-0.25, -0.2) is 4.79 Å². The summed E-state index contributed by atoms with van der Waals surface area (Å²) in [5.41, 5.74) is 2.20. The van der Waals surface area contributed by atoms with Crippen molar-refractivity contribution in [2.24, 2.45) is 0 Å². The zero-order valence-electron chi connectivity index (χ0n) is 17.5. The largest absolute Gasteiger partial charge is 0.449 e. The number of carbonyl (C=O) groups is 3. The van der Waals surface area contributed by atoms with Gasteiger partial charge < -0.3 is 15.4 Å². The molecule has 6 nitrogen and oxygen atoms in total. The molecule has 0 aliphatic carbocycles. The number of hydrogen-bond donors (Lipinski definition) is 2. The van der Waals surface area contributed by atoms with Crippen molar-refractivity contribution in [1.82, 2.24) is 5.32 Å². The van der Waals surface area contributed by atoms with Crippen molar-refractivity contribution in [2.45, 2.75) is 53.1 Å². The Balaban J connectivity index is 2.01. The minimum Gasteiger partial charge on any atom is -0.449 e. The van der Waals surface area contributed by atoms with E-state index in [1.165, 1.54) is 18.3 Å². The van der Waals surface area contributed by atoms with Gasteiger partial charge in [-0.05, 0) is 38.3 Å². The number of esters is 1. The highest BCUT2D eigenvalue weighted by Crippen LogP contribution is 2.33. The van der Waals surface area contributed by atoms with Gasteiger partial charge in [0.25, 0.3) is 5.91 Å². The van der Waals surface area contributed by atoms with Gasteiger partial charge >= 0.3 is 5.97 Å². The van der Waals surface area contributed by atoms with Crippen LogP contribution in [-0.2, 0) is 14.3 Å². The number of hydrogen-bond acceptors (Lipinski definition) is 5. The monoisotopic (exact) mass is 416 g/mol. The van der Waals surface area contributed by atoms with Crippen LogP contribution < -0.4 is 10.6 Å². The van der Waals surface area contributed by atoms with Crippen LogP contribution >= 0.6 is 11.3 Å². The molecule has 1 heterocycles. The number of amides is 2. The molecule has 2 atom stereocenters. The van der Waals surface area contributed by atoms with Gasteiger partial charge in [0.1, 0.15) is 5.00 Å². The van der Waals surface area contributed by atoms with E-state index in [9.17, 15) is 14.4 Å². The summed E-state index contributed by atoms with van der Waals surface area (Å²) < 4.78 is 5.39. The number of nitrogens with one attached hydrogen (secondary N) is 2. The molecule has 1 aromatic carbocycles. The summed E-state index contributed by atoms with van der Waals surface area (Å²) in [6, 6.07) is 9.98. The molecule has 29 heavy (non-hydrogen) atoms. The highest BCUT2D eigenvalue weighted by atomic mass is 32.1. The van der Waals surface area contributed by atoms with E-state index in [2.05, 4.69) is 17.6 Å². The van der Waals surface area contributed by atoms with E-state index in [4.69, 9.17) is 4.74 Å². The van der Waals surface area contributed by atoms with E-state index in [1.54, 1.807) is 13.8 Å². The Morgan fingerprint density at radius 3 is 2.38 bits per heavy atom. The molecule has 0 bridgehead atoms. The first-order valence-electron chi connectivity index (χ1n) is 9.65. The maximum Gasteiger partial charge on any atom is 0.342 e. The third kappa shape index (κ3) is 5.90. The lowest BCUT2D eigenvalue weighted by Crippen LogP contribution is -2.38. The summed E-state index contributed by atoms with van der Waals surface area (Å²) in [5, 5.41) is 5.98.